The number of cyclic esters (lactones) is 2. The number of morpholine rings is 2. The van der Waals surface area contributed by atoms with E-state index in [0.29, 0.717) is 184 Å². The highest BCUT2D eigenvalue weighted by Crippen LogP contribution is 2.49. The molecule has 740 valence electrons. The number of fused-ring (bicyclic) bond motifs is 4. The molecule has 0 unspecified atom stereocenters. The number of nitrogens with zero attached hydrogens (tertiary/aromatic N) is 12. The number of aromatic nitrogens is 8. The Morgan fingerprint density at radius 3 is 0.993 bits per heavy atom. The topological polar surface area (TPSA) is 405 Å². The Hall–Kier alpha value is -14.3. The molecule has 6 fully saturated rings. The summed E-state index contributed by atoms with van der Waals surface area (Å²) in [5, 5.41) is 48.1. The zero-order chi connectivity index (χ0) is 99.4. The SMILES string of the molecule is COc1cc2c(cc1N1CCCOC1=O)nc(NC(=O)c1cccc(C(F)(F)F)c1)n2CCCO.COc1cc2c(cc1N1CCCOC1=O)nc(NC(=O)c1cccc(C(F)F)c1)n2CCCO.O=C(Nc1nc2cc(N3CCOCC3=O)c(C3CC3)cc2n1CCCO)c1cccc(C(F)(F)F)c1.O=C(Nc1nc2cc(N3CCOCC3=O)c(C3CC3)cc2n1CCCO)c1cccc(C(F)F)c1. The highest BCUT2D eigenvalue weighted by Gasteiger charge is 2.38. The number of alkyl halides is 10. The number of ether oxygens (including phenoxy) is 6. The molecule has 8 amide bonds. The quantitative estimate of drug-likeness (QED) is 0.0194. The predicted octanol–water partition coefficient (Wildman–Crippen LogP) is 15.8. The fourth-order valence-corrected chi connectivity index (χ4v) is 16.6. The van der Waals surface area contributed by atoms with Crippen molar-refractivity contribution in [2.24, 2.45) is 0 Å². The number of hydrogen-bond acceptors (Lipinski definition) is 22. The second-order valence-electron chi connectivity index (χ2n) is 33.3. The van der Waals surface area contributed by atoms with E-state index >= 15 is 0 Å². The third-order valence-electron chi connectivity index (χ3n) is 23.8. The average Bonchev–Trinajstić information content (AvgIpc) is 1.63. The molecule has 0 radical (unpaired) electrons. The summed E-state index contributed by atoms with van der Waals surface area (Å²) in [6.45, 7) is 4.34. The van der Waals surface area contributed by atoms with Gasteiger partial charge in [-0.15, -0.1) is 0 Å². The molecule has 34 nitrogen and oxygen atoms in total. The van der Waals surface area contributed by atoms with E-state index in [2.05, 4.69) is 41.2 Å². The standard InChI is InChI=1S/C25H25F3N4O4.C25H26F2N4O4.C23H23F3N4O5.C23H24F2N4O5/c26-25(27,28)17-4-1-3-16(11-17)23(35)30-24-29-19-13-20(31-8-10-36-14-22(31)34)18(15-5-6-15)12-21(19)32(24)7-2-9-33;26-23(27)16-3-1-4-17(11-16)24(34)29-25-28-19-13-20(30-8-10-35-14-22(30)33)18(15-5-6-15)12-21(19)31(25)7-2-9-32;1-34-19-13-17-16(12-18(19)30-8-4-10-35-22(30)33)27-21(29(17)7-3-9-31)28-20(32)14-5-2-6-15(11-14)23(24,25)26;1-33-19-13-17-16(12-18(19)29-8-4-10-34-23(29)32)26-22(28(17)7-3-9-30)27-21(31)15-6-2-5-14(11-15)20(24)25/h1,3-4,11-13,15,33H,2,5-10,14H2,(H,29,30,35);1,3-4,11-13,15,23,32H,2,5-10,14H2,(H,28,29,34);2,5-6,11-13,31H,3-4,7-10H2,1H3,(H,27,28,32);2,5-6,11-13,20,30H,3-4,7-10H2,1H3,(H,26,27,31). The van der Waals surface area contributed by atoms with Crippen molar-refractivity contribution >= 4 is 138 Å². The zero-order valence-electron chi connectivity index (χ0n) is 75.6. The monoisotopic (exact) mass is 1950 g/mol. The number of methoxy groups -OCH3 is 2. The number of carbonyl (C=O) groups excluding carboxylic acids is 8. The Kier molecular flexibility index (Phi) is 31.6. The minimum absolute atomic E-state index is 0.00534. The molecule has 8 heterocycles. The summed E-state index contributed by atoms with van der Waals surface area (Å²) in [5.74, 6) is -0.786. The van der Waals surface area contributed by atoms with E-state index < -0.39 is 72.1 Å². The summed E-state index contributed by atoms with van der Waals surface area (Å²) in [5.41, 5.74) is 6.70. The normalized spacial score (nSPS) is 15.3. The van der Waals surface area contributed by atoms with Gasteiger partial charge < -0.3 is 76.9 Å². The van der Waals surface area contributed by atoms with E-state index in [9.17, 15) is 103 Å². The van der Waals surface area contributed by atoms with Crippen molar-refractivity contribution in [3.63, 3.8) is 0 Å². The number of benzene rings is 8. The van der Waals surface area contributed by atoms with E-state index in [4.69, 9.17) is 28.4 Å². The number of aryl methyl sites for hydroxylation is 4. The van der Waals surface area contributed by atoms with Gasteiger partial charge in [-0.1, -0.05) is 36.4 Å². The molecule has 8 N–H and O–H groups in total. The van der Waals surface area contributed by atoms with Gasteiger partial charge in [0.1, 0.15) is 24.7 Å². The number of hydrogen-bond donors (Lipinski definition) is 8. The van der Waals surface area contributed by atoms with Crippen LogP contribution in [0.25, 0.3) is 44.1 Å². The Morgan fingerprint density at radius 2 is 0.707 bits per heavy atom. The first-order valence-electron chi connectivity index (χ1n) is 45.1. The molecule has 6 aliphatic rings. The van der Waals surface area contributed by atoms with Crippen LogP contribution in [0.4, 0.5) is 100 Å². The molecule has 8 aromatic carbocycles. The summed E-state index contributed by atoms with van der Waals surface area (Å²) >= 11 is 0. The lowest BCUT2D eigenvalue weighted by atomic mass is 10.1. The van der Waals surface area contributed by atoms with Crippen LogP contribution in [0, 0.1) is 0 Å². The average molecular weight is 1950 g/mol. The van der Waals surface area contributed by atoms with Gasteiger partial charge in [0.25, 0.3) is 48.3 Å². The minimum atomic E-state index is -4.59. The smallest absolute Gasteiger partial charge is 0.416 e. The third-order valence-corrected chi connectivity index (χ3v) is 23.8. The summed E-state index contributed by atoms with van der Waals surface area (Å²) in [7, 11) is 2.93. The number of anilines is 8. The first-order valence-corrected chi connectivity index (χ1v) is 45.1. The van der Waals surface area contributed by atoms with E-state index in [1.165, 1.54) is 78.6 Å². The molecular weight excluding hydrogens is 1860 g/mol. The zero-order valence-corrected chi connectivity index (χ0v) is 75.6. The van der Waals surface area contributed by atoms with Gasteiger partial charge in [-0.3, -0.25) is 59.8 Å². The molecule has 4 saturated heterocycles. The van der Waals surface area contributed by atoms with Gasteiger partial charge in [-0.2, -0.15) is 26.3 Å². The molecule has 2 saturated carbocycles. The van der Waals surface area contributed by atoms with Crippen LogP contribution in [0.15, 0.2) is 146 Å². The summed E-state index contributed by atoms with van der Waals surface area (Å²) in [6.07, 6.45) is -8.64. The van der Waals surface area contributed by atoms with Crippen LogP contribution in [0.3, 0.4) is 0 Å². The Bertz CT molecular complexity index is 6620. The number of nitrogens with one attached hydrogen (secondary N) is 4. The van der Waals surface area contributed by atoms with Crippen LogP contribution in [0.5, 0.6) is 11.5 Å². The van der Waals surface area contributed by atoms with Gasteiger partial charge in [0.05, 0.1) is 107 Å². The van der Waals surface area contributed by atoms with Crippen molar-refractivity contribution in [2.45, 2.75) is 127 Å². The lowest BCUT2D eigenvalue weighted by Crippen LogP contribution is -2.42. The lowest BCUT2D eigenvalue weighted by molar-refractivity contribution is -0.138. The molecule has 140 heavy (non-hydrogen) atoms. The third kappa shape index (κ3) is 23.1. The Labute approximate surface area is 791 Å². The van der Waals surface area contributed by atoms with Gasteiger partial charge in [0.2, 0.25) is 23.8 Å². The molecule has 0 spiro atoms. The van der Waals surface area contributed by atoms with Gasteiger partial charge in [0.15, 0.2) is 0 Å². The molecule has 18 rings (SSSR count). The Balaban J connectivity index is 0.000000141. The molecule has 44 heteroatoms. The number of halogens is 10. The van der Waals surface area contributed by atoms with Crippen molar-refractivity contribution in [3.8, 4) is 11.5 Å². The van der Waals surface area contributed by atoms with E-state index in [-0.39, 0.29) is 115 Å². The molecule has 4 aromatic heterocycles. The largest absolute Gasteiger partial charge is 0.494 e. The summed E-state index contributed by atoms with van der Waals surface area (Å²) in [6, 6.07) is 33.1. The van der Waals surface area contributed by atoms with Crippen molar-refractivity contribution in [1.82, 2.24) is 38.2 Å². The molecule has 4 aliphatic heterocycles. The lowest BCUT2D eigenvalue weighted by Gasteiger charge is -2.29. The highest BCUT2D eigenvalue weighted by molar-refractivity contribution is 6.09. The van der Waals surface area contributed by atoms with Crippen LogP contribution < -0.4 is 50.3 Å². The molecule has 12 aromatic rings. The maximum absolute atomic E-state index is 13.1. The van der Waals surface area contributed by atoms with Crippen LogP contribution in [0.2, 0.25) is 0 Å². The molecule has 2 aliphatic carbocycles. The number of rotatable bonds is 30. The van der Waals surface area contributed by atoms with E-state index in [0.717, 1.165) is 96.2 Å². The number of aliphatic hydroxyl groups excluding tert-OH is 4. The molecule has 0 bridgehead atoms. The second-order valence-corrected chi connectivity index (χ2v) is 33.3. The number of aliphatic hydroxyl groups is 4. The van der Waals surface area contributed by atoms with Gasteiger partial charge in [0, 0.05) is 136 Å². The maximum Gasteiger partial charge on any atom is 0.416 e. The first-order chi connectivity index (χ1) is 67.4. The van der Waals surface area contributed by atoms with Crippen LogP contribution in [0.1, 0.15) is 164 Å². The van der Waals surface area contributed by atoms with E-state index in [1.54, 1.807) is 47.8 Å². The maximum atomic E-state index is 13.1. The summed E-state index contributed by atoms with van der Waals surface area (Å²) < 4.78 is 170. The Morgan fingerprint density at radius 1 is 0.400 bits per heavy atom. The molecule has 0 atom stereocenters. The number of carbonyl (C=O) groups is 8. The van der Waals surface area contributed by atoms with Gasteiger partial charge >= 0.3 is 24.5 Å². The van der Waals surface area contributed by atoms with Crippen LogP contribution >= 0.6 is 0 Å². The van der Waals surface area contributed by atoms with Crippen LogP contribution in [-0.2, 0) is 67.1 Å². The van der Waals surface area contributed by atoms with Crippen molar-refractivity contribution in [3.05, 3.63) is 201 Å². The van der Waals surface area contributed by atoms with Gasteiger partial charge in [-0.25, -0.2) is 47.1 Å². The van der Waals surface area contributed by atoms with Crippen molar-refractivity contribution < 1.29 is 131 Å². The number of imidazole rings is 4. The van der Waals surface area contributed by atoms with Crippen molar-refractivity contribution in [2.75, 3.05) is 147 Å². The first kappa shape index (κ1) is 100. The second kappa shape index (κ2) is 44.2. The summed E-state index contributed by atoms with van der Waals surface area (Å²) in [4.78, 5) is 126. The predicted molar refractivity (Wildman–Crippen MR) is 493 cm³/mol. The van der Waals surface area contributed by atoms with Crippen LogP contribution in [-0.4, -0.2) is 213 Å². The highest BCUT2D eigenvalue weighted by atomic mass is 19.4. The molecular formula is C96H98F10N16O18. The minimum Gasteiger partial charge on any atom is -0.494 e. The van der Waals surface area contributed by atoms with Gasteiger partial charge in [-0.05, 0) is 184 Å². The fraction of sp³-hybridized carbons (Fsp3) is 0.375. The van der Waals surface area contributed by atoms with Crippen molar-refractivity contribution in [1.29, 1.82) is 0 Å². The fourth-order valence-electron chi connectivity index (χ4n) is 16.6. The number of amides is 8. The van der Waals surface area contributed by atoms with E-state index in [1.807, 2.05) is 28.8 Å².